The topological polar surface area (TPSA) is 21.3 Å². The lowest BCUT2D eigenvalue weighted by Gasteiger charge is -2.23. The van der Waals surface area contributed by atoms with Crippen molar-refractivity contribution in [1.82, 2.24) is 5.32 Å². The monoisotopic (exact) mass is 227 g/mol. The summed E-state index contributed by atoms with van der Waals surface area (Å²) in [6.07, 6.45) is 12.0. The molecule has 0 aromatic carbocycles. The molecule has 1 N–H and O–H groups in total. The lowest BCUT2D eigenvalue weighted by molar-refractivity contribution is 0.117. The molecule has 0 bridgehead atoms. The molecule has 0 radical (unpaired) electrons. The molecule has 16 heavy (non-hydrogen) atoms. The molecular weight excluding hydrogens is 198 g/mol. The van der Waals surface area contributed by atoms with Crippen molar-refractivity contribution in [2.45, 2.75) is 70.8 Å². The Morgan fingerprint density at radius 2 is 1.94 bits per heavy atom. The average molecular weight is 227 g/mol. The lowest BCUT2D eigenvalue weighted by Crippen LogP contribution is -2.34. The second-order valence-electron chi connectivity index (χ2n) is 4.96. The maximum atomic E-state index is 5.68. The molecule has 2 heteroatoms. The van der Waals surface area contributed by atoms with Gasteiger partial charge in [0.05, 0.1) is 0 Å². The van der Waals surface area contributed by atoms with E-state index in [2.05, 4.69) is 12.2 Å². The van der Waals surface area contributed by atoms with Gasteiger partial charge in [0, 0.05) is 19.3 Å². The first-order chi connectivity index (χ1) is 7.93. The van der Waals surface area contributed by atoms with Gasteiger partial charge in [-0.3, -0.25) is 0 Å². The molecule has 96 valence electrons. The molecular formula is C14H29NO. The van der Waals surface area contributed by atoms with Crippen LogP contribution in [0.3, 0.4) is 0 Å². The summed E-state index contributed by atoms with van der Waals surface area (Å²) >= 11 is 0. The highest BCUT2D eigenvalue weighted by molar-refractivity contribution is 4.71. The number of rotatable bonds is 9. The maximum absolute atomic E-state index is 5.68. The van der Waals surface area contributed by atoms with Gasteiger partial charge >= 0.3 is 0 Å². The van der Waals surface area contributed by atoms with Crippen molar-refractivity contribution in [3.05, 3.63) is 0 Å². The number of hydrogen-bond acceptors (Lipinski definition) is 2. The number of hydrogen-bond donors (Lipinski definition) is 1. The van der Waals surface area contributed by atoms with Gasteiger partial charge in [0.2, 0.25) is 0 Å². The first-order valence-corrected chi connectivity index (χ1v) is 7.24. The summed E-state index contributed by atoms with van der Waals surface area (Å²) in [5.41, 5.74) is 0. The van der Waals surface area contributed by atoms with Crippen molar-refractivity contribution in [2.75, 3.05) is 19.8 Å². The number of ether oxygens (including phenoxy) is 1. The normalized spacial score (nSPS) is 21.2. The Morgan fingerprint density at radius 3 is 2.69 bits per heavy atom. The predicted octanol–water partition coefficient (Wildman–Crippen LogP) is 3.51. The molecule has 1 aliphatic heterocycles. The van der Waals surface area contributed by atoms with Gasteiger partial charge in [-0.1, -0.05) is 39.0 Å². The Balaban J connectivity index is 1.77. The molecule has 1 rings (SSSR count). The number of nitrogens with one attached hydrogen (secondary N) is 1. The highest BCUT2D eigenvalue weighted by Gasteiger charge is 2.11. The molecule has 0 spiro atoms. The molecule has 0 saturated carbocycles. The van der Waals surface area contributed by atoms with Crippen LogP contribution in [0.15, 0.2) is 0 Å². The fourth-order valence-corrected chi connectivity index (χ4v) is 2.31. The Kier molecular flexibility index (Phi) is 8.83. The molecule has 2 nitrogen and oxygen atoms in total. The Hall–Kier alpha value is -0.0800. The summed E-state index contributed by atoms with van der Waals surface area (Å²) in [5, 5.41) is 3.56. The van der Waals surface area contributed by atoms with E-state index < -0.39 is 0 Å². The first-order valence-electron chi connectivity index (χ1n) is 7.24. The van der Waals surface area contributed by atoms with Crippen molar-refractivity contribution in [3.8, 4) is 0 Å². The molecule has 0 aliphatic carbocycles. The van der Waals surface area contributed by atoms with Gasteiger partial charge in [-0.05, 0) is 32.2 Å². The highest BCUT2D eigenvalue weighted by Crippen LogP contribution is 2.10. The Morgan fingerprint density at radius 1 is 1.06 bits per heavy atom. The molecule has 1 saturated heterocycles. The third-order valence-corrected chi connectivity index (χ3v) is 3.42. The quantitative estimate of drug-likeness (QED) is 0.609. The van der Waals surface area contributed by atoms with Crippen LogP contribution in [-0.2, 0) is 4.74 Å². The average Bonchev–Trinajstić information content (AvgIpc) is 2.34. The van der Waals surface area contributed by atoms with Crippen molar-refractivity contribution < 1.29 is 4.74 Å². The van der Waals surface area contributed by atoms with E-state index in [-0.39, 0.29) is 0 Å². The zero-order valence-corrected chi connectivity index (χ0v) is 11.0. The zero-order valence-electron chi connectivity index (χ0n) is 11.0. The van der Waals surface area contributed by atoms with Crippen LogP contribution in [0.25, 0.3) is 0 Å². The molecule has 0 aromatic heterocycles. The largest absolute Gasteiger partial charge is 0.381 e. The van der Waals surface area contributed by atoms with Crippen LogP contribution in [0.4, 0.5) is 0 Å². The fraction of sp³-hybridized carbons (Fsp3) is 1.00. The fourth-order valence-electron chi connectivity index (χ4n) is 2.31. The van der Waals surface area contributed by atoms with Gasteiger partial charge in [-0.2, -0.15) is 0 Å². The molecule has 1 fully saturated rings. The van der Waals surface area contributed by atoms with E-state index in [1.54, 1.807) is 0 Å². The van der Waals surface area contributed by atoms with Gasteiger partial charge in [0.1, 0.15) is 0 Å². The van der Waals surface area contributed by atoms with E-state index in [0.29, 0.717) is 0 Å². The van der Waals surface area contributed by atoms with Crippen LogP contribution < -0.4 is 5.32 Å². The number of unbranched alkanes of at least 4 members (excludes halogenated alkanes) is 4. The highest BCUT2D eigenvalue weighted by atomic mass is 16.5. The minimum absolute atomic E-state index is 0.730. The maximum Gasteiger partial charge on any atom is 0.0480 e. The molecule has 1 heterocycles. The third-order valence-electron chi connectivity index (χ3n) is 3.42. The zero-order chi connectivity index (χ0) is 11.5. The van der Waals surface area contributed by atoms with Crippen molar-refractivity contribution >= 4 is 0 Å². The van der Waals surface area contributed by atoms with E-state index in [0.717, 1.165) is 19.3 Å². The van der Waals surface area contributed by atoms with Crippen molar-refractivity contribution in [1.29, 1.82) is 0 Å². The predicted molar refractivity (Wildman–Crippen MR) is 69.8 cm³/mol. The van der Waals surface area contributed by atoms with E-state index >= 15 is 0 Å². The van der Waals surface area contributed by atoms with Gasteiger partial charge < -0.3 is 10.1 Å². The standard InChI is InChI=1S/C14H29NO/c1-2-3-4-5-8-12-16-13-10-14-9-6-7-11-15-14/h14-15H,2-13H2,1H3. The summed E-state index contributed by atoms with van der Waals surface area (Å²) in [6, 6.07) is 0.730. The lowest BCUT2D eigenvalue weighted by atomic mass is 10.0. The molecule has 0 aromatic rings. The van der Waals surface area contributed by atoms with E-state index in [4.69, 9.17) is 4.74 Å². The van der Waals surface area contributed by atoms with Gasteiger partial charge in [-0.15, -0.1) is 0 Å². The summed E-state index contributed by atoms with van der Waals surface area (Å²) in [4.78, 5) is 0. The number of piperidine rings is 1. The van der Waals surface area contributed by atoms with Crippen LogP contribution in [0.5, 0.6) is 0 Å². The first kappa shape index (κ1) is 14.0. The minimum atomic E-state index is 0.730. The Bertz CT molecular complexity index is 144. The summed E-state index contributed by atoms with van der Waals surface area (Å²) in [6.45, 7) is 5.39. The molecule has 0 amide bonds. The molecule has 1 atom stereocenters. The van der Waals surface area contributed by atoms with Crippen LogP contribution in [0, 0.1) is 0 Å². The van der Waals surface area contributed by atoms with Crippen LogP contribution in [-0.4, -0.2) is 25.8 Å². The van der Waals surface area contributed by atoms with Crippen LogP contribution >= 0.6 is 0 Å². The van der Waals surface area contributed by atoms with Crippen LogP contribution in [0.1, 0.15) is 64.7 Å². The minimum Gasteiger partial charge on any atom is -0.381 e. The summed E-state index contributed by atoms with van der Waals surface area (Å²) < 4.78 is 5.68. The van der Waals surface area contributed by atoms with E-state index in [1.807, 2.05) is 0 Å². The SMILES string of the molecule is CCCCCCCOCCC1CCCCN1. The van der Waals surface area contributed by atoms with Gasteiger partial charge in [-0.25, -0.2) is 0 Å². The van der Waals surface area contributed by atoms with Crippen molar-refractivity contribution in [2.24, 2.45) is 0 Å². The summed E-state index contributed by atoms with van der Waals surface area (Å²) in [7, 11) is 0. The van der Waals surface area contributed by atoms with Crippen molar-refractivity contribution in [3.63, 3.8) is 0 Å². The second kappa shape index (κ2) is 10.1. The van der Waals surface area contributed by atoms with Gasteiger partial charge in [0.15, 0.2) is 0 Å². The van der Waals surface area contributed by atoms with E-state index in [1.165, 1.54) is 64.3 Å². The van der Waals surface area contributed by atoms with Crippen LogP contribution in [0.2, 0.25) is 0 Å². The van der Waals surface area contributed by atoms with Gasteiger partial charge in [0.25, 0.3) is 0 Å². The Labute approximate surface area is 101 Å². The molecule has 1 aliphatic rings. The smallest absolute Gasteiger partial charge is 0.0480 e. The summed E-state index contributed by atoms with van der Waals surface area (Å²) in [5.74, 6) is 0. The second-order valence-corrected chi connectivity index (χ2v) is 4.96. The third kappa shape index (κ3) is 7.24. The van der Waals surface area contributed by atoms with E-state index in [9.17, 15) is 0 Å². The molecule has 1 unspecified atom stereocenters.